The van der Waals surface area contributed by atoms with E-state index in [1.165, 1.54) is 26.4 Å². The lowest BCUT2D eigenvalue weighted by Crippen LogP contribution is -2.16. The van der Waals surface area contributed by atoms with Crippen LogP contribution in [0.3, 0.4) is 0 Å². The molecule has 160 valence electrons. The summed E-state index contributed by atoms with van der Waals surface area (Å²) >= 11 is 6.01. The van der Waals surface area contributed by atoms with Gasteiger partial charge in [0.2, 0.25) is 0 Å². The molecule has 0 aliphatic carbocycles. The van der Waals surface area contributed by atoms with Gasteiger partial charge < -0.3 is 14.8 Å². The minimum Gasteiger partial charge on any atom is -0.493 e. The van der Waals surface area contributed by atoms with Crippen molar-refractivity contribution in [1.29, 1.82) is 0 Å². The number of hydrogen-bond acceptors (Lipinski definition) is 6. The van der Waals surface area contributed by atoms with Gasteiger partial charge in [-0.05, 0) is 48.0 Å². The highest BCUT2D eigenvalue weighted by atomic mass is 35.5. The second-order valence-corrected chi connectivity index (χ2v) is 7.19. The molecule has 1 atom stereocenters. The van der Waals surface area contributed by atoms with Gasteiger partial charge in [-0.1, -0.05) is 23.7 Å². The lowest BCUT2D eigenvalue weighted by Gasteiger charge is -2.20. The Hall–Kier alpha value is -3.58. The fourth-order valence-corrected chi connectivity index (χ4v) is 3.27. The van der Waals surface area contributed by atoms with Crippen LogP contribution < -0.4 is 14.8 Å². The van der Waals surface area contributed by atoms with Crippen molar-refractivity contribution in [2.45, 2.75) is 12.5 Å². The number of hydrogen-bond donors (Lipinski definition) is 1. The summed E-state index contributed by atoms with van der Waals surface area (Å²) in [5.74, 6) is 0.910. The molecule has 0 aliphatic rings. The number of ketones is 1. The molecule has 3 aromatic carbocycles. The van der Waals surface area contributed by atoms with Gasteiger partial charge in [0.1, 0.15) is 0 Å². The summed E-state index contributed by atoms with van der Waals surface area (Å²) in [5, 5.41) is 14.8. The number of halogens is 1. The second kappa shape index (κ2) is 9.95. The minimum atomic E-state index is -0.457. The Bertz CT molecular complexity index is 1070. The van der Waals surface area contributed by atoms with E-state index in [2.05, 4.69) is 5.32 Å². The maximum atomic E-state index is 13.0. The zero-order valence-corrected chi connectivity index (χ0v) is 17.8. The first-order chi connectivity index (χ1) is 14.9. The van der Waals surface area contributed by atoms with Crippen molar-refractivity contribution in [3.05, 3.63) is 93.0 Å². The number of benzene rings is 3. The Morgan fingerprint density at radius 3 is 2.23 bits per heavy atom. The Balaban J connectivity index is 1.86. The average Bonchev–Trinajstić information content (AvgIpc) is 2.79. The van der Waals surface area contributed by atoms with E-state index < -0.39 is 4.92 Å². The van der Waals surface area contributed by atoms with E-state index in [0.29, 0.717) is 27.8 Å². The van der Waals surface area contributed by atoms with E-state index in [4.69, 9.17) is 21.1 Å². The van der Waals surface area contributed by atoms with Crippen molar-refractivity contribution in [3.63, 3.8) is 0 Å². The van der Waals surface area contributed by atoms with Crippen LogP contribution in [0.1, 0.15) is 28.4 Å². The van der Waals surface area contributed by atoms with E-state index in [-0.39, 0.29) is 23.9 Å². The molecule has 0 bridgehead atoms. The molecule has 0 saturated carbocycles. The first kappa shape index (κ1) is 22.1. The van der Waals surface area contributed by atoms with Crippen molar-refractivity contribution < 1.29 is 19.2 Å². The van der Waals surface area contributed by atoms with Gasteiger partial charge in [0.25, 0.3) is 5.69 Å². The molecular weight excluding hydrogens is 420 g/mol. The van der Waals surface area contributed by atoms with Gasteiger partial charge in [-0.2, -0.15) is 0 Å². The van der Waals surface area contributed by atoms with Crippen LogP contribution in [0, 0.1) is 10.1 Å². The summed E-state index contributed by atoms with van der Waals surface area (Å²) in [5.41, 5.74) is 2.00. The average molecular weight is 441 g/mol. The number of nitrogens with one attached hydrogen (secondary N) is 1. The quantitative estimate of drug-likeness (QED) is 0.261. The third-order valence-electron chi connectivity index (χ3n) is 4.79. The molecule has 0 fully saturated rings. The third kappa shape index (κ3) is 5.52. The van der Waals surface area contributed by atoms with Crippen LogP contribution in [0.5, 0.6) is 11.5 Å². The summed E-state index contributed by atoms with van der Waals surface area (Å²) < 4.78 is 10.5. The van der Waals surface area contributed by atoms with Gasteiger partial charge >= 0.3 is 0 Å². The number of ether oxygens (including phenoxy) is 2. The first-order valence-electron chi connectivity index (χ1n) is 9.43. The summed E-state index contributed by atoms with van der Waals surface area (Å²) in [6.45, 7) is 0. The highest BCUT2D eigenvalue weighted by Gasteiger charge is 2.19. The molecular formula is C23H21ClN2O5. The normalized spacial score (nSPS) is 11.5. The zero-order valence-electron chi connectivity index (χ0n) is 17.0. The molecule has 1 unspecified atom stereocenters. The van der Waals surface area contributed by atoms with Crippen LogP contribution in [0.15, 0.2) is 66.7 Å². The molecule has 3 rings (SSSR count). The Morgan fingerprint density at radius 1 is 1.00 bits per heavy atom. The third-order valence-corrected chi connectivity index (χ3v) is 5.04. The molecule has 31 heavy (non-hydrogen) atoms. The fraction of sp³-hybridized carbons (Fsp3) is 0.174. The van der Waals surface area contributed by atoms with Crippen molar-refractivity contribution >= 4 is 28.8 Å². The fourth-order valence-electron chi connectivity index (χ4n) is 3.14. The van der Waals surface area contributed by atoms with Gasteiger partial charge in [0.05, 0.1) is 25.2 Å². The zero-order chi connectivity index (χ0) is 22.4. The number of nitro groups is 1. The van der Waals surface area contributed by atoms with Crippen molar-refractivity contribution in [2.75, 3.05) is 19.5 Å². The summed E-state index contributed by atoms with van der Waals surface area (Å²) in [6.07, 6.45) is 0.147. The number of anilines is 1. The van der Waals surface area contributed by atoms with Crippen LogP contribution in [-0.2, 0) is 0 Å². The summed E-state index contributed by atoms with van der Waals surface area (Å²) in [6, 6.07) is 17.9. The smallest absolute Gasteiger partial charge is 0.269 e. The summed E-state index contributed by atoms with van der Waals surface area (Å²) in [7, 11) is 3.04. The van der Waals surface area contributed by atoms with Gasteiger partial charge in [-0.25, -0.2) is 0 Å². The molecule has 0 heterocycles. The SMILES string of the molecule is COc1ccc(C(=O)CC(Nc2ccc([N+](=O)[O-])cc2)c2ccc(Cl)cc2)cc1OC. The van der Waals surface area contributed by atoms with Gasteiger partial charge in [-0.3, -0.25) is 14.9 Å². The maximum absolute atomic E-state index is 13.0. The number of Topliss-reactive ketones (excluding diaryl/α,β-unsaturated/α-hetero) is 1. The van der Waals surface area contributed by atoms with E-state index in [9.17, 15) is 14.9 Å². The molecule has 8 heteroatoms. The number of methoxy groups -OCH3 is 2. The number of nitrogens with zero attached hydrogens (tertiary/aromatic N) is 1. The molecule has 0 radical (unpaired) electrons. The van der Waals surface area contributed by atoms with Crippen LogP contribution in [-0.4, -0.2) is 24.9 Å². The predicted molar refractivity (Wildman–Crippen MR) is 119 cm³/mol. The molecule has 0 saturated heterocycles. The molecule has 0 amide bonds. The number of carbonyl (C=O) groups excluding carboxylic acids is 1. The Labute approximate surface area is 184 Å². The van der Waals surface area contributed by atoms with Crippen molar-refractivity contribution in [2.24, 2.45) is 0 Å². The van der Waals surface area contributed by atoms with E-state index in [1.807, 2.05) is 12.1 Å². The highest BCUT2D eigenvalue weighted by molar-refractivity contribution is 6.30. The van der Waals surface area contributed by atoms with Crippen LogP contribution in [0.4, 0.5) is 11.4 Å². The van der Waals surface area contributed by atoms with Gasteiger partial charge in [-0.15, -0.1) is 0 Å². The lowest BCUT2D eigenvalue weighted by molar-refractivity contribution is -0.384. The standard InChI is InChI=1S/C23H21ClN2O5/c1-30-22-12-5-16(13-23(22)31-2)21(27)14-20(15-3-6-17(24)7-4-15)25-18-8-10-19(11-9-18)26(28)29/h3-13,20,25H,14H2,1-2H3. The number of nitro benzene ring substituents is 1. The Morgan fingerprint density at radius 2 is 1.65 bits per heavy atom. The Kier molecular flexibility index (Phi) is 7.10. The van der Waals surface area contributed by atoms with Gasteiger partial charge in [0, 0.05) is 34.8 Å². The van der Waals surface area contributed by atoms with Crippen LogP contribution in [0.2, 0.25) is 5.02 Å². The molecule has 7 nitrogen and oxygen atoms in total. The topological polar surface area (TPSA) is 90.7 Å². The molecule has 0 aliphatic heterocycles. The number of carbonyl (C=O) groups is 1. The van der Waals surface area contributed by atoms with Gasteiger partial charge in [0.15, 0.2) is 17.3 Å². The van der Waals surface area contributed by atoms with Crippen LogP contribution >= 0.6 is 11.6 Å². The number of non-ortho nitro benzene ring substituents is 1. The summed E-state index contributed by atoms with van der Waals surface area (Å²) in [4.78, 5) is 23.5. The molecule has 3 aromatic rings. The minimum absolute atomic E-state index is 0.00463. The van der Waals surface area contributed by atoms with E-state index in [0.717, 1.165) is 5.56 Å². The van der Waals surface area contributed by atoms with Crippen LogP contribution in [0.25, 0.3) is 0 Å². The van der Waals surface area contributed by atoms with E-state index >= 15 is 0 Å². The largest absolute Gasteiger partial charge is 0.493 e. The number of rotatable bonds is 9. The van der Waals surface area contributed by atoms with Crippen molar-refractivity contribution in [3.8, 4) is 11.5 Å². The predicted octanol–water partition coefficient (Wildman–Crippen LogP) is 5.69. The van der Waals surface area contributed by atoms with E-state index in [1.54, 1.807) is 42.5 Å². The maximum Gasteiger partial charge on any atom is 0.269 e. The molecule has 0 aromatic heterocycles. The highest BCUT2D eigenvalue weighted by Crippen LogP contribution is 2.31. The molecule has 1 N–H and O–H groups in total. The molecule has 0 spiro atoms. The monoisotopic (exact) mass is 440 g/mol. The second-order valence-electron chi connectivity index (χ2n) is 6.75. The lowest BCUT2D eigenvalue weighted by atomic mass is 9.97. The first-order valence-corrected chi connectivity index (χ1v) is 9.80. The van der Waals surface area contributed by atoms with Crippen molar-refractivity contribution in [1.82, 2.24) is 0 Å².